The van der Waals surface area contributed by atoms with Crippen LogP contribution in [0.4, 0.5) is 0 Å². The first kappa shape index (κ1) is 24.2. The van der Waals surface area contributed by atoms with E-state index in [2.05, 4.69) is 37.8 Å². The van der Waals surface area contributed by atoms with Crippen molar-refractivity contribution in [3.8, 4) is 0 Å². The van der Waals surface area contributed by atoms with Crippen LogP contribution >= 0.6 is 11.8 Å². The number of hydrogen-bond acceptors (Lipinski definition) is 4. The second-order valence-electron chi connectivity index (χ2n) is 8.97. The molecule has 31 heavy (non-hydrogen) atoms. The SMILES string of the molecule is C=CS/C(=C\Cc1ccc2c(c1)CCC(=O)C2)CS(=O)CC(=O)CC1CCCC[C@H]1C. The van der Waals surface area contributed by atoms with Gasteiger partial charge >= 0.3 is 0 Å². The van der Waals surface area contributed by atoms with Gasteiger partial charge in [-0.3, -0.25) is 13.8 Å². The molecule has 3 rings (SSSR count). The number of carbonyl (C=O) groups excluding carboxylic acids is 2. The molecular weight excluding hydrogens is 424 g/mol. The largest absolute Gasteiger partial charge is 0.299 e. The first-order chi connectivity index (χ1) is 14.9. The molecule has 0 heterocycles. The smallest absolute Gasteiger partial charge is 0.145 e. The fourth-order valence-corrected chi connectivity index (χ4v) is 6.78. The quantitative estimate of drug-likeness (QED) is 0.459. The predicted octanol–water partition coefficient (Wildman–Crippen LogP) is 5.58. The van der Waals surface area contributed by atoms with Gasteiger partial charge in [0.05, 0.1) is 11.5 Å². The lowest BCUT2D eigenvalue weighted by Gasteiger charge is -2.28. The van der Waals surface area contributed by atoms with Gasteiger partial charge in [0.2, 0.25) is 0 Å². The Hall–Kier alpha value is -1.46. The standard InChI is InChI=1S/C26H34O3S2/c1-3-30-26(13-9-20-8-10-23-16-24(27)12-11-22(23)14-20)18-31(29)17-25(28)15-21-7-5-4-6-19(21)2/h3,8,10,13-14,19,21H,1,4-7,9,11-12,15-18H2,2H3/b26-13-/t19-,21?,31?/m1/s1. The minimum atomic E-state index is -1.19. The predicted molar refractivity (Wildman–Crippen MR) is 132 cm³/mol. The van der Waals surface area contributed by atoms with E-state index in [4.69, 9.17) is 0 Å². The molecule has 0 radical (unpaired) electrons. The summed E-state index contributed by atoms with van der Waals surface area (Å²) in [5.41, 5.74) is 3.62. The Kier molecular flexibility index (Phi) is 9.33. The van der Waals surface area contributed by atoms with Crippen LogP contribution in [0, 0.1) is 11.8 Å². The molecule has 0 aliphatic heterocycles. The Morgan fingerprint density at radius 3 is 2.77 bits per heavy atom. The topological polar surface area (TPSA) is 51.2 Å². The second kappa shape index (κ2) is 12.0. The third-order valence-corrected chi connectivity index (χ3v) is 8.78. The molecule has 0 spiro atoms. The van der Waals surface area contributed by atoms with Crippen molar-refractivity contribution < 1.29 is 13.8 Å². The fourth-order valence-electron chi connectivity index (χ4n) is 4.70. The number of benzene rings is 1. The summed E-state index contributed by atoms with van der Waals surface area (Å²) in [4.78, 5) is 25.1. The van der Waals surface area contributed by atoms with Crippen LogP contribution in [0.2, 0.25) is 0 Å². The maximum atomic E-state index is 12.7. The van der Waals surface area contributed by atoms with Crippen LogP contribution in [0.1, 0.15) is 62.1 Å². The van der Waals surface area contributed by atoms with E-state index in [0.29, 0.717) is 42.6 Å². The highest BCUT2D eigenvalue weighted by molar-refractivity contribution is 8.06. The molecule has 1 aromatic carbocycles. The summed E-state index contributed by atoms with van der Waals surface area (Å²) in [6, 6.07) is 6.34. The molecule has 0 amide bonds. The summed E-state index contributed by atoms with van der Waals surface area (Å²) < 4.78 is 12.7. The molecule has 2 aliphatic carbocycles. The highest BCUT2D eigenvalue weighted by Gasteiger charge is 2.24. The van der Waals surface area contributed by atoms with Crippen molar-refractivity contribution in [1.29, 1.82) is 0 Å². The fraction of sp³-hybridized carbons (Fsp3) is 0.538. The van der Waals surface area contributed by atoms with E-state index in [-0.39, 0.29) is 11.5 Å². The molecule has 1 fully saturated rings. The van der Waals surface area contributed by atoms with E-state index in [1.165, 1.54) is 42.2 Å². The summed E-state index contributed by atoms with van der Waals surface area (Å²) in [5, 5.41) is 1.76. The van der Waals surface area contributed by atoms with Crippen LogP contribution in [0.5, 0.6) is 0 Å². The molecule has 0 saturated heterocycles. The van der Waals surface area contributed by atoms with E-state index in [1.807, 2.05) is 0 Å². The first-order valence-corrected chi connectivity index (χ1v) is 13.8. The van der Waals surface area contributed by atoms with Crippen LogP contribution in [-0.2, 0) is 39.7 Å². The van der Waals surface area contributed by atoms with Crippen LogP contribution in [-0.4, -0.2) is 27.3 Å². The molecule has 3 nitrogen and oxygen atoms in total. The molecule has 168 valence electrons. The van der Waals surface area contributed by atoms with Crippen LogP contribution < -0.4 is 0 Å². The van der Waals surface area contributed by atoms with Gasteiger partial charge in [-0.1, -0.05) is 57.0 Å². The van der Waals surface area contributed by atoms with Crippen molar-refractivity contribution in [3.63, 3.8) is 0 Å². The molecule has 5 heteroatoms. The van der Waals surface area contributed by atoms with Crippen molar-refractivity contribution in [2.45, 2.75) is 64.7 Å². The Bertz CT molecular complexity index is 871. The Labute approximate surface area is 193 Å². The molecule has 1 aromatic rings. The van der Waals surface area contributed by atoms with Gasteiger partial charge in [-0.2, -0.15) is 0 Å². The number of rotatable bonds is 10. The maximum absolute atomic E-state index is 12.7. The molecule has 2 unspecified atom stereocenters. The van der Waals surface area contributed by atoms with Crippen molar-refractivity contribution in [1.82, 2.24) is 0 Å². The van der Waals surface area contributed by atoms with Crippen molar-refractivity contribution in [3.05, 3.63) is 57.9 Å². The number of hydrogen-bond donors (Lipinski definition) is 0. The molecule has 1 saturated carbocycles. The molecule has 0 aromatic heterocycles. The van der Waals surface area contributed by atoms with Gasteiger partial charge < -0.3 is 0 Å². The van der Waals surface area contributed by atoms with Gasteiger partial charge in [-0.05, 0) is 58.1 Å². The van der Waals surface area contributed by atoms with Gasteiger partial charge in [0.1, 0.15) is 11.6 Å². The Morgan fingerprint density at radius 1 is 1.19 bits per heavy atom. The lowest BCUT2D eigenvalue weighted by Crippen LogP contribution is -2.23. The summed E-state index contributed by atoms with van der Waals surface area (Å²) in [7, 11) is -1.19. The first-order valence-electron chi connectivity index (χ1n) is 11.4. The zero-order chi connectivity index (χ0) is 22.2. The lowest BCUT2D eigenvalue weighted by molar-refractivity contribution is -0.119. The minimum absolute atomic E-state index is 0.143. The average Bonchev–Trinajstić information content (AvgIpc) is 2.73. The van der Waals surface area contributed by atoms with Crippen LogP contribution in [0.3, 0.4) is 0 Å². The van der Waals surface area contributed by atoms with Crippen molar-refractivity contribution in [2.75, 3.05) is 11.5 Å². The van der Waals surface area contributed by atoms with E-state index in [0.717, 1.165) is 29.7 Å². The lowest BCUT2D eigenvalue weighted by atomic mass is 9.78. The molecule has 0 bridgehead atoms. The van der Waals surface area contributed by atoms with E-state index < -0.39 is 10.8 Å². The monoisotopic (exact) mass is 458 g/mol. The van der Waals surface area contributed by atoms with Crippen LogP contribution in [0.15, 0.2) is 41.2 Å². The van der Waals surface area contributed by atoms with E-state index >= 15 is 0 Å². The molecular formula is C26H34O3S2. The third kappa shape index (κ3) is 7.57. The minimum Gasteiger partial charge on any atom is -0.299 e. The third-order valence-electron chi connectivity index (χ3n) is 6.54. The second-order valence-corrected chi connectivity index (χ2v) is 11.5. The van der Waals surface area contributed by atoms with Gasteiger partial charge in [0, 0.05) is 30.1 Å². The number of allylic oxidation sites excluding steroid dienone is 1. The number of ketones is 2. The zero-order valence-electron chi connectivity index (χ0n) is 18.6. The average molecular weight is 459 g/mol. The zero-order valence-corrected chi connectivity index (χ0v) is 20.2. The summed E-state index contributed by atoms with van der Waals surface area (Å²) >= 11 is 1.49. The number of aryl methyl sites for hydroxylation is 1. The summed E-state index contributed by atoms with van der Waals surface area (Å²) in [6.45, 7) is 6.04. The molecule has 0 N–H and O–H groups in total. The summed E-state index contributed by atoms with van der Waals surface area (Å²) in [6.07, 6.45) is 10.3. The number of carbonyl (C=O) groups is 2. The maximum Gasteiger partial charge on any atom is 0.145 e. The van der Waals surface area contributed by atoms with Gasteiger partial charge in [0.15, 0.2) is 0 Å². The Balaban J connectivity index is 1.54. The number of fused-ring (bicyclic) bond motifs is 1. The van der Waals surface area contributed by atoms with E-state index in [9.17, 15) is 13.8 Å². The highest BCUT2D eigenvalue weighted by atomic mass is 32.2. The normalized spacial score (nSPS) is 22.6. The number of thioether (sulfide) groups is 1. The molecule has 3 atom stereocenters. The highest BCUT2D eigenvalue weighted by Crippen LogP contribution is 2.32. The van der Waals surface area contributed by atoms with Gasteiger partial charge in [-0.25, -0.2) is 0 Å². The number of Topliss-reactive ketones (excluding diaryl/α,β-unsaturated/α-hetero) is 2. The van der Waals surface area contributed by atoms with Crippen molar-refractivity contribution >= 4 is 34.1 Å². The Morgan fingerprint density at radius 2 is 2.00 bits per heavy atom. The van der Waals surface area contributed by atoms with Crippen molar-refractivity contribution in [2.24, 2.45) is 11.8 Å². The van der Waals surface area contributed by atoms with Crippen LogP contribution in [0.25, 0.3) is 0 Å². The van der Waals surface area contributed by atoms with Gasteiger partial charge in [-0.15, -0.1) is 11.8 Å². The molecule has 2 aliphatic rings. The van der Waals surface area contributed by atoms with E-state index in [1.54, 1.807) is 5.41 Å². The summed E-state index contributed by atoms with van der Waals surface area (Å²) in [5.74, 6) is 2.10. The van der Waals surface area contributed by atoms with Gasteiger partial charge in [0.25, 0.3) is 0 Å².